The van der Waals surface area contributed by atoms with Crippen LogP contribution in [0.25, 0.3) is 73.2 Å². The molecule has 52 heavy (non-hydrogen) atoms. The zero-order valence-corrected chi connectivity index (χ0v) is 28.9. The van der Waals surface area contributed by atoms with Crippen LogP contribution in [0.5, 0.6) is 0 Å². The Morgan fingerprint density at radius 3 is 1.37 bits per heavy atom. The summed E-state index contributed by atoms with van der Waals surface area (Å²) in [6.07, 6.45) is 14.7. The molecule has 0 saturated heterocycles. The van der Waals surface area contributed by atoms with Crippen LogP contribution in [0, 0.1) is 0 Å². The second-order valence-corrected chi connectivity index (χ2v) is 11.9. The van der Waals surface area contributed by atoms with Crippen molar-refractivity contribution in [3.05, 3.63) is 182 Å². The predicted octanol–water partition coefficient (Wildman–Crippen LogP) is 10.6. The summed E-state index contributed by atoms with van der Waals surface area (Å²) in [6.45, 7) is 4.13. The van der Waals surface area contributed by atoms with Gasteiger partial charge in [-0.2, -0.15) is 0 Å². The van der Waals surface area contributed by atoms with Gasteiger partial charge in [-0.1, -0.05) is 91.0 Å². The van der Waals surface area contributed by atoms with E-state index in [0.29, 0.717) is 17.5 Å². The Labute approximate surface area is 303 Å². The summed E-state index contributed by atoms with van der Waals surface area (Å²) in [5.74, 6) is 1.83. The van der Waals surface area contributed by atoms with Gasteiger partial charge in [0.05, 0.1) is 5.69 Å². The molecule has 0 spiro atoms. The predicted molar refractivity (Wildman–Crippen MR) is 209 cm³/mol. The fraction of sp³-hybridized carbons (Fsp3) is 0.0444. The van der Waals surface area contributed by atoms with Crippen molar-refractivity contribution >= 4 is 5.57 Å². The van der Waals surface area contributed by atoms with Crippen LogP contribution in [-0.4, -0.2) is 34.9 Å². The quantitative estimate of drug-likeness (QED) is 0.166. The number of hydrogen-bond donors (Lipinski definition) is 0. The van der Waals surface area contributed by atoms with Crippen molar-refractivity contribution in [1.29, 1.82) is 0 Å². The highest BCUT2D eigenvalue weighted by molar-refractivity contribution is 5.73. The highest BCUT2D eigenvalue weighted by Crippen LogP contribution is 2.29. The van der Waals surface area contributed by atoms with Crippen molar-refractivity contribution < 1.29 is 0 Å². The first-order valence-corrected chi connectivity index (χ1v) is 17.0. The first-order valence-electron chi connectivity index (χ1n) is 17.0. The Morgan fingerprint density at radius 2 is 0.885 bits per heavy atom. The largest absolute Gasteiger partial charge is 0.265 e. The van der Waals surface area contributed by atoms with Crippen molar-refractivity contribution in [1.82, 2.24) is 34.9 Å². The van der Waals surface area contributed by atoms with E-state index in [1.165, 1.54) is 11.1 Å². The topological polar surface area (TPSA) is 90.2 Å². The summed E-state index contributed by atoms with van der Waals surface area (Å²) in [7, 11) is 0. The molecule has 250 valence electrons. The summed E-state index contributed by atoms with van der Waals surface area (Å²) in [5, 5.41) is 0. The van der Waals surface area contributed by atoms with Crippen LogP contribution in [0.1, 0.15) is 19.4 Å². The molecule has 0 atom stereocenters. The first-order chi connectivity index (χ1) is 25.6. The Bertz CT molecular complexity index is 2120. The molecule has 0 unspecified atom stereocenters. The van der Waals surface area contributed by atoms with E-state index < -0.39 is 0 Å². The molecule has 8 rings (SSSR count). The molecule has 0 saturated carbocycles. The summed E-state index contributed by atoms with van der Waals surface area (Å²) in [5.41, 5.74) is 11.6. The second kappa shape index (κ2) is 16.1. The molecular weight excluding hydrogens is 639 g/mol. The van der Waals surface area contributed by atoms with Crippen LogP contribution in [0.2, 0.25) is 0 Å². The first kappa shape index (κ1) is 33.5. The maximum absolute atomic E-state index is 4.91. The third kappa shape index (κ3) is 8.07. The fourth-order valence-corrected chi connectivity index (χ4v) is 5.57. The van der Waals surface area contributed by atoms with Gasteiger partial charge in [-0.15, -0.1) is 0 Å². The lowest BCUT2D eigenvalue weighted by Crippen LogP contribution is -2.00. The van der Waals surface area contributed by atoms with Gasteiger partial charge < -0.3 is 0 Å². The average Bonchev–Trinajstić information content (AvgIpc) is 3.25. The molecule has 8 aromatic rings. The molecular formula is C45H35N7. The fourth-order valence-electron chi connectivity index (χ4n) is 5.57. The Balaban J connectivity index is 0.000000365. The van der Waals surface area contributed by atoms with Gasteiger partial charge in [0.1, 0.15) is 0 Å². The number of nitrogens with zero attached hydrogens (tertiary/aromatic N) is 7. The zero-order valence-electron chi connectivity index (χ0n) is 28.9. The molecule has 7 heteroatoms. The van der Waals surface area contributed by atoms with Crippen molar-refractivity contribution in [3.63, 3.8) is 0 Å². The third-order valence-corrected chi connectivity index (χ3v) is 8.60. The number of hydrogen-bond acceptors (Lipinski definition) is 7. The van der Waals surface area contributed by atoms with Crippen molar-refractivity contribution in [3.8, 4) is 67.7 Å². The van der Waals surface area contributed by atoms with E-state index in [9.17, 15) is 0 Å². The number of aromatic nitrogens is 7. The smallest absolute Gasteiger partial charge is 0.164 e. The molecule has 0 fully saturated rings. The van der Waals surface area contributed by atoms with E-state index in [4.69, 9.17) is 15.0 Å². The summed E-state index contributed by atoms with van der Waals surface area (Å²) in [4.78, 5) is 31.5. The van der Waals surface area contributed by atoms with E-state index in [0.717, 1.165) is 50.2 Å². The van der Waals surface area contributed by atoms with E-state index in [1.807, 2.05) is 129 Å². The van der Waals surface area contributed by atoms with Gasteiger partial charge in [-0.25, -0.2) is 15.0 Å². The highest BCUT2D eigenvalue weighted by Gasteiger charge is 2.13. The molecule has 5 aromatic heterocycles. The van der Waals surface area contributed by atoms with E-state index in [2.05, 4.69) is 57.2 Å². The van der Waals surface area contributed by atoms with Gasteiger partial charge in [0.2, 0.25) is 0 Å². The van der Waals surface area contributed by atoms with E-state index in [-0.39, 0.29) is 0 Å². The van der Waals surface area contributed by atoms with Crippen LogP contribution in [-0.2, 0) is 0 Å². The minimum absolute atomic E-state index is 0.608. The summed E-state index contributed by atoms with van der Waals surface area (Å²) < 4.78 is 0. The number of pyridine rings is 4. The Hall–Kier alpha value is -6.99. The molecule has 0 aliphatic rings. The zero-order chi connectivity index (χ0) is 35.5. The number of allylic oxidation sites excluding steroid dienone is 2. The van der Waals surface area contributed by atoms with Gasteiger partial charge >= 0.3 is 0 Å². The molecule has 0 N–H and O–H groups in total. The molecule has 3 aromatic carbocycles. The van der Waals surface area contributed by atoms with Crippen LogP contribution in [0.3, 0.4) is 0 Å². The third-order valence-electron chi connectivity index (χ3n) is 8.60. The van der Waals surface area contributed by atoms with Crippen molar-refractivity contribution in [2.45, 2.75) is 13.8 Å². The van der Waals surface area contributed by atoms with Gasteiger partial charge in [-0.05, 0) is 89.7 Å². The van der Waals surface area contributed by atoms with Crippen molar-refractivity contribution in [2.24, 2.45) is 0 Å². The SMILES string of the molecule is C/C=C(\C)c1ccncc1.c1ccc(-c2ccc(-c3nc(-c4ccc(-c5ccncc5)cc4)nc(-c4ccc(-c5cccnc5)cc4)n3)cc2)nc1. The average molecular weight is 674 g/mol. The lowest BCUT2D eigenvalue weighted by Gasteiger charge is -2.10. The maximum Gasteiger partial charge on any atom is 0.164 e. The Kier molecular flexibility index (Phi) is 10.4. The molecule has 0 aliphatic heterocycles. The van der Waals surface area contributed by atoms with Gasteiger partial charge in [-0.3, -0.25) is 19.9 Å². The monoisotopic (exact) mass is 673 g/mol. The van der Waals surface area contributed by atoms with Crippen LogP contribution >= 0.6 is 0 Å². The van der Waals surface area contributed by atoms with E-state index in [1.54, 1.807) is 24.8 Å². The van der Waals surface area contributed by atoms with Gasteiger partial charge in [0.15, 0.2) is 17.5 Å². The molecule has 0 bridgehead atoms. The van der Waals surface area contributed by atoms with Gasteiger partial charge in [0.25, 0.3) is 0 Å². The minimum atomic E-state index is 0.608. The van der Waals surface area contributed by atoms with E-state index >= 15 is 0 Å². The van der Waals surface area contributed by atoms with Crippen LogP contribution in [0.4, 0.5) is 0 Å². The lowest BCUT2D eigenvalue weighted by molar-refractivity contribution is 1.07. The standard InChI is InChI=1S/C36H24N6.C9H11N/c1-2-21-39-33(5-1)28-10-16-31(17-11-28)36-41-34(29-12-6-25(7-13-29)27-18-22-37-23-19-27)40-35(42-36)30-14-8-26(9-15-30)32-4-3-20-38-24-32;1-3-8(2)9-4-6-10-7-5-9/h1-24H;3-7H,1-2H3/b;8-3+. The second-order valence-electron chi connectivity index (χ2n) is 11.9. The summed E-state index contributed by atoms with van der Waals surface area (Å²) >= 11 is 0. The lowest BCUT2D eigenvalue weighted by atomic mass is 10.0. The molecule has 0 aliphatic carbocycles. The summed E-state index contributed by atoms with van der Waals surface area (Å²) in [6, 6.07) is 42.6. The van der Waals surface area contributed by atoms with Crippen LogP contribution < -0.4 is 0 Å². The normalized spacial score (nSPS) is 11.0. The van der Waals surface area contributed by atoms with Crippen LogP contribution in [0.15, 0.2) is 177 Å². The number of benzene rings is 3. The van der Waals surface area contributed by atoms with Crippen molar-refractivity contribution in [2.75, 3.05) is 0 Å². The number of rotatable bonds is 7. The molecule has 0 radical (unpaired) electrons. The molecule has 7 nitrogen and oxygen atoms in total. The molecule has 5 heterocycles. The minimum Gasteiger partial charge on any atom is -0.265 e. The Morgan fingerprint density at radius 1 is 0.404 bits per heavy atom. The maximum atomic E-state index is 4.91. The van der Waals surface area contributed by atoms with Gasteiger partial charge in [0, 0.05) is 65.6 Å². The highest BCUT2D eigenvalue weighted by atomic mass is 15.0. The molecule has 0 amide bonds.